The van der Waals surface area contributed by atoms with Gasteiger partial charge in [-0.05, 0) is 69.0 Å². The normalized spacial score (nSPS) is 22.3. The van der Waals surface area contributed by atoms with Gasteiger partial charge in [-0.3, -0.25) is 4.79 Å². The molecular weight excluding hydrogens is 296 g/mol. The molecule has 0 aromatic heterocycles. The highest BCUT2D eigenvalue weighted by Crippen LogP contribution is 2.41. The van der Waals surface area contributed by atoms with E-state index in [2.05, 4.69) is 30.6 Å². The van der Waals surface area contributed by atoms with E-state index < -0.39 is 0 Å². The molecule has 0 N–H and O–H groups in total. The lowest BCUT2D eigenvalue weighted by Gasteiger charge is -2.47. The molecule has 3 nitrogen and oxygen atoms in total. The van der Waals surface area contributed by atoms with Crippen molar-refractivity contribution in [2.75, 3.05) is 32.7 Å². The standard InChI is InChI=1S/C21H40N2O/c1-18(2)19(24)23-16-11-21(12-17-23)9-14-22(15-10-21)13-7-6-8-20(3,4)5/h18H,6-17H2,1-5H3. The number of piperidine rings is 2. The third-order valence-electron chi connectivity index (χ3n) is 6.20. The Bertz CT molecular complexity index is 393. The second kappa shape index (κ2) is 8.21. The minimum absolute atomic E-state index is 0.147. The topological polar surface area (TPSA) is 23.6 Å². The Balaban J connectivity index is 1.67. The molecule has 0 aromatic rings. The maximum absolute atomic E-state index is 12.2. The molecule has 24 heavy (non-hydrogen) atoms. The van der Waals surface area contributed by atoms with Gasteiger partial charge in [-0.25, -0.2) is 0 Å². The van der Waals surface area contributed by atoms with Gasteiger partial charge < -0.3 is 9.80 Å². The Labute approximate surface area is 150 Å². The summed E-state index contributed by atoms with van der Waals surface area (Å²) in [5.41, 5.74) is 1.02. The van der Waals surface area contributed by atoms with Gasteiger partial charge in [0.25, 0.3) is 0 Å². The van der Waals surface area contributed by atoms with Crippen molar-refractivity contribution < 1.29 is 4.79 Å². The first-order valence-corrected chi connectivity index (χ1v) is 10.2. The monoisotopic (exact) mass is 336 g/mol. The van der Waals surface area contributed by atoms with Crippen LogP contribution in [0.3, 0.4) is 0 Å². The van der Waals surface area contributed by atoms with E-state index in [1.807, 2.05) is 13.8 Å². The molecule has 1 amide bonds. The average Bonchev–Trinajstić information content (AvgIpc) is 2.52. The summed E-state index contributed by atoms with van der Waals surface area (Å²) in [7, 11) is 0. The van der Waals surface area contributed by atoms with E-state index in [9.17, 15) is 4.79 Å². The highest BCUT2D eigenvalue weighted by atomic mass is 16.2. The van der Waals surface area contributed by atoms with E-state index in [0.717, 1.165) is 13.1 Å². The first-order valence-electron chi connectivity index (χ1n) is 10.2. The molecule has 0 aromatic carbocycles. The molecule has 0 bridgehead atoms. The largest absolute Gasteiger partial charge is 0.342 e. The number of hydrogen-bond donors (Lipinski definition) is 0. The summed E-state index contributed by atoms with van der Waals surface area (Å²) in [6.45, 7) is 16.9. The number of unbranched alkanes of at least 4 members (excludes halogenated alkanes) is 1. The van der Waals surface area contributed by atoms with E-state index in [0.29, 0.717) is 16.7 Å². The van der Waals surface area contributed by atoms with Crippen LogP contribution in [0.2, 0.25) is 0 Å². The molecule has 0 atom stereocenters. The van der Waals surface area contributed by atoms with Crippen molar-refractivity contribution in [3.8, 4) is 0 Å². The van der Waals surface area contributed by atoms with E-state index in [4.69, 9.17) is 0 Å². The highest BCUT2D eigenvalue weighted by molar-refractivity contribution is 5.78. The van der Waals surface area contributed by atoms with Crippen molar-refractivity contribution in [3.05, 3.63) is 0 Å². The Morgan fingerprint density at radius 1 is 0.958 bits per heavy atom. The predicted octanol–water partition coefficient (Wildman–Crippen LogP) is 4.56. The van der Waals surface area contributed by atoms with Crippen LogP contribution in [0, 0.1) is 16.7 Å². The molecule has 2 aliphatic rings. The molecule has 0 unspecified atom stereocenters. The van der Waals surface area contributed by atoms with E-state index in [-0.39, 0.29) is 5.92 Å². The highest BCUT2D eigenvalue weighted by Gasteiger charge is 2.38. The third-order valence-corrected chi connectivity index (χ3v) is 6.20. The summed E-state index contributed by atoms with van der Waals surface area (Å²) < 4.78 is 0. The van der Waals surface area contributed by atoms with Gasteiger partial charge in [0.1, 0.15) is 0 Å². The van der Waals surface area contributed by atoms with E-state index in [1.165, 1.54) is 64.6 Å². The number of nitrogens with zero attached hydrogens (tertiary/aromatic N) is 2. The lowest BCUT2D eigenvalue weighted by Crippen LogP contribution is -2.49. The number of rotatable bonds is 5. The van der Waals surface area contributed by atoms with Gasteiger partial charge >= 0.3 is 0 Å². The quantitative estimate of drug-likeness (QED) is 0.687. The maximum atomic E-state index is 12.2. The van der Waals surface area contributed by atoms with E-state index in [1.54, 1.807) is 0 Å². The lowest BCUT2D eigenvalue weighted by molar-refractivity contribution is -0.137. The van der Waals surface area contributed by atoms with Gasteiger partial charge in [-0.2, -0.15) is 0 Å². The Morgan fingerprint density at radius 3 is 2.00 bits per heavy atom. The molecule has 2 saturated heterocycles. The van der Waals surface area contributed by atoms with Gasteiger partial charge in [0.2, 0.25) is 5.91 Å². The lowest BCUT2D eigenvalue weighted by atomic mass is 9.71. The Kier molecular flexibility index (Phi) is 6.75. The zero-order valence-corrected chi connectivity index (χ0v) is 16.9. The summed E-state index contributed by atoms with van der Waals surface area (Å²) in [4.78, 5) is 16.9. The molecular formula is C21H40N2O. The van der Waals surface area contributed by atoms with Crippen molar-refractivity contribution in [1.82, 2.24) is 9.80 Å². The summed E-state index contributed by atoms with van der Waals surface area (Å²) in [6, 6.07) is 0. The molecule has 3 heteroatoms. The van der Waals surface area contributed by atoms with Gasteiger partial charge in [-0.15, -0.1) is 0 Å². The van der Waals surface area contributed by atoms with Crippen molar-refractivity contribution in [2.24, 2.45) is 16.7 Å². The van der Waals surface area contributed by atoms with Crippen LogP contribution in [0.4, 0.5) is 0 Å². The molecule has 0 radical (unpaired) electrons. The number of hydrogen-bond acceptors (Lipinski definition) is 2. The van der Waals surface area contributed by atoms with Crippen LogP contribution in [0.5, 0.6) is 0 Å². The minimum atomic E-state index is 0.147. The summed E-state index contributed by atoms with van der Waals surface area (Å²) >= 11 is 0. The van der Waals surface area contributed by atoms with Crippen molar-refractivity contribution in [1.29, 1.82) is 0 Å². The summed E-state index contributed by atoms with van der Waals surface area (Å²) in [5, 5.41) is 0. The molecule has 1 spiro atoms. The van der Waals surface area contributed by atoms with Crippen LogP contribution >= 0.6 is 0 Å². The number of carbonyl (C=O) groups excluding carboxylic acids is 1. The SMILES string of the molecule is CC(C)C(=O)N1CCC2(CCN(CCCCC(C)(C)C)CC2)CC1. The van der Waals surface area contributed by atoms with E-state index >= 15 is 0 Å². The minimum Gasteiger partial charge on any atom is -0.342 e. The first-order chi connectivity index (χ1) is 11.2. The van der Waals surface area contributed by atoms with Crippen LogP contribution in [-0.4, -0.2) is 48.4 Å². The smallest absolute Gasteiger partial charge is 0.225 e. The fraction of sp³-hybridized carbons (Fsp3) is 0.952. The number of carbonyl (C=O) groups is 1. The molecule has 2 fully saturated rings. The van der Waals surface area contributed by atoms with Crippen molar-refractivity contribution in [2.45, 2.75) is 79.6 Å². The summed E-state index contributed by atoms with van der Waals surface area (Å²) in [5.74, 6) is 0.495. The van der Waals surface area contributed by atoms with Crippen LogP contribution in [0.25, 0.3) is 0 Å². The summed E-state index contributed by atoms with van der Waals surface area (Å²) in [6.07, 6.45) is 9.18. The van der Waals surface area contributed by atoms with Crippen LogP contribution in [0.15, 0.2) is 0 Å². The predicted molar refractivity (Wildman–Crippen MR) is 102 cm³/mol. The van der Waals surface area contributed by atoms with Gasteiger partial charge in [0.05, 0.1) is 0 Å². The molecule has 0 saturated carbocycles. The molecule has 2 rings (SSSR count). The average molecular weight is 337 g/mol. The van der Waals surface area contributed by atoms with Crippen LogP contribution in [-0.2, 0) is 4.79 Å². The van der Waals surface area contributed by atoms with Crippen LogP contribution in [0.1, 0.15) is 79.6 Å². The fourth-order valence-electron chi connectivity index (χ4n) is 4.31. The Morgan fingerprint density at radius 2 is 1.50 bits per heavy atom. The third kappa shape index (κ3) is 5.75. The van der Waals surface area contributed by atoms with Crippen LogP contribution < -0.4 is 0 Å². The van der Waals surface area contributed by atoms with Gasteiger partial charge in [0, 0.05) is 19.0 Å². The molecule has 2 heterocycles. The zero-order valence-electron chi connectivity index (χ0n) is 16.9. The fourth-order valence-corrected chi connectivity index (χ4v) is 4.31. The van der Waals surface area contributed by atoms with Crippen molar-refractivity contribution >= 4 is 5.91 Å². The molecule has 0 aliphatic carbocycles. The first kappa shape index (κ1) is 19.8. The number of likely N-dealkylation sites (tertiary alicyclic amines) is 2. The molecule has 140 valence electrons. The Hall–Kier alpha value is -0.570. The van der Waals surface area contributed by atoms with Gasteiger partial charge in [-0.1, -0.05) is 41.0 Å². The number of amides is 1. The second-order valence-corrected chi connectivity index (χ2v) is 9.84. The second-order valence-electron chi connectivity index (χ2n) is 9.84. The zero-order chi connectivity index (χ0) is 17.8. The molecule has 2 aliphatic heterocycles. The maximum Gasteiger partial charge on any atom is 0.225 e. The van der Waals surface area contributed by atoms with Crippen molar-refractivity contribution in [3.63, 3.8) is 0 Å². The van der Waals surface area contributed by atoms with Gasteiger partial charge in [0.15, 0.2) is 0 Å².